The van der Waals surface area contributed by atoms with E-state index in [1.807, 2.05) is 0 Å². The minimum Gasteiger partial charge on any atom is -0.466 e. The van der Waals surface area contributed by atoms with Gasteiger partial charge >= 0.3 is 11.9 Å². The van der Waals surface area contributed by atoms with Gasteiger partial charge in [-0.2, -0.15) is 0 Å². The molecule has 2 aromatic carbocycles. The maximum absolute atomic E-state index is 13.5. The van der Waals surface area contributed by atoms with E-state index in [0.717, 1.165) is 11.3 Å². The number of allylic oxidation sites excluding steroid dienone is 1. The van der Waals surface area contributed by atoms with Gasteiger partial charge in [-0.3, -0.25) is 24.3 Å². The van der Waals surface area contributed by atoms with Crippen molar-refractivity contribution in [3.8, 4) is 5.75 Å². The van der Waals surface area contributed by atoms with E-state index in [0.29, 0.717) is 21.8 Å². The van der Waals surface area contributed by atoms with Gasteiger partial charge in [0, 0.05) is 13.0 Å². The molecule has 1 aromatic heterocycles. The predicted octanol–water partition coefficient (Wildman–Crippen LogP) is 2.24. The minimum absolute atomic E-state index is 0.137. The fourth-order valence-corrected chi connectivity index (χ4v) is 4.85. The largest absolute Gasteiger partial charge is 0.466 e. The van der Waals surface area contributed by atoms with Crippen LogP contribution in [0.25, 0.3) is 6.08 Å². The number of hydrogen-bond acceptors (Lipinski definition) is 9. The van der Waals surface area contributed by atoms with Crippen LogP contribution in [0, 0.1) is 10.1 Å². The van der Waals surface area contributed by atoms with Crippen molar-refractivity contribution in [1.29, 1.82) is 0 Å². The first-order valence-corrected chi connectivity index (χ1v) is 11.2. The second-order valence-electron chi connectivity index (χ2n) is 7.55. The zero-order valence-electron chi connectivity index (χ0n) is 18.9. The van der Waals surface area contributed by atoms with Crippen LogP contribution in [0.3, 0.4) is 0 Å². The Hall–Kier alpha value is -4.38. The number of methoxy groups -OCH3 is 1. The smallest absolute Gasteiger partial charge is 0.338 e. The van der Waals surface area contributed by atoms with E-state index in [1.54, 1.807) is 49.4 Å². The third kappa shape index (κ3) is 4.53. The van der Waals surface area contributed by atoms with Crippen molar-refractivity contribution >= 4 is 35.0 Å². The molecule has 10 nitrogen and oxygen atoms in total. The van der Waals surface area contributed by atoms with Crippen LogP contribution in [0.2, 0.25) is 0 Å². The highest BCUT2D eigenvalue weighted by Gasteiger charge is 2.33. The maximum Gasteiger partial charge on any atom is 0.338 e. The number of nitro benzene ring substituents is 1. The number of hydrogen-bond donors (Lipinski definition) is 0. The van der Waals surface area contributed by atoms with Crippen LogP contribution in [0.5, 0.6) is 5.75 Å². The van der Waals surface area contributed by atoms with Gasteiger partial charge < -0.3 is 9.47 Å². The molecule has 0 bridgehead atoms. The Bertz CT molecular complexity index is 1570. The first-order valence-electron chi connectivity index (χ1n) is 10.3. The van der Waals surface area contributed by atoms with Crippen molar-refractivity contribution in [2.45, 2.75) is 19.9 Å². The Morgan fingerprint density at radius 3 is 2.49 bits per heavy atom. The SMILES string of the molecule is COC(=O)C1=C(C)N=c2sc(=Cc3ccccc3[N+](=O)[O-])c(=O)n2C1c1ccc(OC(C)=O)cc1. The van der Waals surface area contributed by atoms with Crippen LogP contribution in [0.1, 0.15) is 31.0 Å². The normalized spacial score (nSPS) is 15.3. The Labute approximate surface area is 202 Å². The average Bonchev–Trinajstić information content (AvgIpc) is 3.12. The number of thiazole rings is 1. The number of para-hydroxylation sites is 1. The van der Waals surface area contributed by atoms with E-state index >= 15 is 0 Å². The molecule has 0 amide bonds. The van der Waals surface area contributed by atoms with E-state index in [-0.39, 0.29) is 21.4 Å². The van der Waals surface area contributed by atoms with Gasteiger partial charge in [-0.15, -0.1) is 0 Å². The minimum atomic E-state index is -0.863. The van der Waals surface area contributed by atoms with Gasteiger partial charge in [-0.25, -0.2) is 9.79 Å². The van der Waals surface area contributed by atoms with Crippen LogP contribution >= 0.6 is 11.3 Å². The number of rotatable bonds is 5. The first-order chi connectivity index (χ1) is 16.7. The predicted molar refractivity (Wildman–Crippen MR) is 127 cm³/mol. The van der Waals surface area contributed by atoms with Crippen molar-refractivity contribution in [3.05, 3.63) is 101 Å². The molecule has 1 aliphatic heterocycles. The quantitative estimate of drug-likeness (QED) is 0.231. The molecular weight excluding hydrogens is 474 g/mol. The lowest BCUT2D eigenvalue weighted by Gasteiger charge is -2.24. The van der Waals surface area contributed by atoms with Crippen LogP contribution in [0.15, 0.2) is 69.6 Å². The number of benzene rings is 2. The number of nitro groups is 1. The molecule has 0 radical (unpaired) electrons. The van der Waals surface area contributed by atoms with Crippen molar-refractivity contribution in [2.24, 2.45) is 4.99 Å². The third-order valence-corrected chi connectivity index (χ3v) is 6.29. The van der Waals surface area contributed by atoms with Gasteiger partial charge in [0.2, 0.25) is 0 Å². The van der Waals surface area contributed by atoms with Crippen molar-refractivity contribution < 1.29 is 24.0 Å². The Morgan fingerprint density at radius 1 is 1.17 bits per heavy atom. The van der Waals surface area contributed by atoms with Crippen LogP contribution in [-0.2, 0) is 14.3 Å². The van der Waals surface area contributed by atoms with Crippen molar-refractivity contribution in [2.75, 3.05) is 7.11 Å². The Kier molecular flexibility index (Phi) is 6.43. The molecule has 1 atom stereocenters. The fourth-order valence-electron chi connectivity index (χ4n) is 3.81. The summed E-state index contributed by atoms with van der Waals surface area (Å²) >= 11 is 1.06. The van der Waals surface area contributed by atoms with Gasteiger partial charge in [0.15, 0.2) is 4.80 Å². The number of nitrogens with zero attached hydrogens (tertiary/aromatic N) is 3. The van der Waals surface area contributed by atoms with E-state index < -0.39 is 28.5 Å². The second-order valence-corrected chi connectivity index (χ2v) is 8.56. The standard InChI is InChI=1S/C24H19N3O7S/c1-13-20(23(30)33-3)21(15-8-10-17(11-9-15)34-14(2)28)26-22(29)19(35-24(26)25-13)12-16-6-4-5-7-18(16)27(31)32/h4-12,21H,1-3H3. The number of carbonyl (C=O) groups excluding carboxylic acids is 2. The van der Waals surface area contributed by atoms with Gasteiger partial charge in [-0.1, -0.05) is 35.6 Å². The summed E-state index contributed by atoms with van der Waals surface area (Å²) in [6.45, 7) is 2.93. The lowest BCUT2D eigenvalue weighted by atomic mass is 9.96. The number of fused-ring (bicyclic) bond motifs is 1. The van der Waals surface area contributed by atoms with Crippen LogP contribution in [0.4, 0.5) is 5.69 Å². The summed E-state index contributed by atoms with van der Waals surface area (Å²) in [6.07, 6.45) is 1.44. The molecule has 0 spiro atoms. The monoisotopic (exact) mass is 493 g/mol. The molecule has 2 heterocycles. The number of carbonyl (C=O) groups is 2. The summed E-state index contributed by atoms with van der Waals surface area (Å²) in [5.41, 5.74) is 0.793. The van der Waals surface area contributed by atoms with E-state index in [1.165, 1.54) is 30.7 Å². The summed E-state index contributed by atoms with van der Waals surface area (Å²) < 4.78 is 11.6. The molecule has 0 fully saturated rings. The van der Waals surface area contributed by atoms with Crippen molar-refractivity contribution in [1.82, 2.24) is 4.57 Å². The molecule has 178 valence electrons. The molecule has 11 heteroatoms. The molecule has 0 N–H and O–H groups in total. The number of esters is 2. The van der Waals surface area contributed by atoms with Crippen LogP contribution in [-0.4, -0.2) is 28.5 Å². The zero-order valence-corrected chi connectivity index (χ0v) is 19.7. The highest BCUT2D eigenvalue weighted by Crippen LogP contribution is 2.31. The summed E-state index contributed by atoms with van der Waals surface area (Å²) in [5.74, 6) is -0.814. The fraction of sp³-hybridized carbons (Fsp3) is 0.167. The lowest BCUT2D eigenvalue weighted by molar-refractivity contribution is -0.385. The molecule has 3 aromatic rings. The lowest BCUT2D eigenvalue weighted by Crippen LogP contribution is -2.39. The van der Waals surface area contributed by atoms with Gasteiger partial charge in [-0.05, 0) is 36.8 Å². The molecular formula is C24H19N3O7S. The number of ether oxygens (including phenoxy) is 2. The molecule has 35 heavy (non-hydrogen) atoms. The topological polar surface area (TPSA) is 130 Å². The first kappa shape index (κ1) is 23.8. The van der Waals surface area contributed by atoms with Crippen LogP contribution < -0.4 is 19.6 Å². The summed E-state index contributed by atoms with van der Waals surface area (Å²) in [5, 5.41) is 11.4. The molecule has 1 unspecified atom stereocenters. The summed E-state index contributed by atoms with van der Waals surface area (Å²) in [7, 11) is 1.24. The summed E-state index contributed by atoms with van der Waals surface area (Å²) in [4.78, 5) is 53.2. The van der Waals surface area contributed by atoms with E-state index in [9.17, 15) is 24.5 Å². The van der Waals surface area contributed by atoms with Gasteiger partial charge in [0.05, 0.1) is 39.4 Å². The van der Waals surface area contributed by atoms with E-state index in [4.69, 9.17) is 9.47 Å². The molecule has 4 rings (SSSR count). The third-order valence-electron chi connectivity index (χ3n) is 5.30. The molecule has 0 saturated heterocycles. The maximum atomic E-state index is 13.5. The van der Waals surface area contributed by atoms with Gasteiger partial charge in [0.1, 0.15) is 5.75 Å². The van der Waals surface area contributed by atoms with Gasteiger partial charge in [0.25, 0.3) is 11.2 Å². The summed E-state index contributed by atoms with van der Waals surface area (Å²) in [6, 6.07) is 11.6. The highest BCUT2D eigenvalue weighted by atomic mass is 32.1. The van der Waals surface area contributed by atoms with E-state index in [2.05, 4.69) is 4.99 Å². The zero-order chi connectivity index (χ0) is 25.3. The highest BCUT2D eigenvalue weighted by molar-refractivity contribution is 7.07. The molecule has 0 aliphatic carbocycles. The molecule has 1 aliphatic rings. The number of aromatic nitrogens is 1. The Balaban J connectivity index is 1.93. The molecule has 0 saturated carbocycles. The van der Waals surface area contributed by atoms with Crippen molar-refractivity contribution in [3.63, 3.8) is 0 Å². The average molecular weight is 493 g/mol. The Morgan fingerprint density at radius 2 is 1.86 bits per heavy atom. The second kappa shape index (κ2) is 9.47.